The zero-order valence-corrected chi connectivity index (χ0v) is 12.4. The summed E-state index contributed by atoms with van der Waals surface area (Å²) in [5.74, 6) is 0.975. The van der Waals surface area contributed by atoms with Crippen LogP contribution in [0.1, 0.15) is 32.3 Å². The molecular weight excluding hydrogens is 252 g/mol. The predicted octanol–water partition coefficient (Wildman–Crippen LogP) is 2.35. The van der Waals surface area contributed by atoms with E-state index in [-0.39, 0.29) is 11.8 Å². The van der Waals surface area contributed by atoms with Gasteiger partial charge in [-0.1, -0.05) is 19.9 Å². The molecule has 0 unspecified atom stereocenters. The van der Waals surface area contributed by atoms with E-state index in [0.717, 1.165) is 37.2 Å². The van der Waals surface area contributed by atoms with Crippen LogP contribution in [0.2, 0.25) is 0 Å². The summed E-state index contributed by atoms with van der Waals surface area (Å²) < 4.78 is 5.65. The van der Waals surface area contributed by atoms with Crippen LogP contribution in [0.15, 0.2) is 18.2 Å². The van der Waals surface area contributed by atoms with Crippen LogP contribution in [0, 0.1) is 5.92 Å². The molecule has 20 heavy (non-hydrogen) atoms. The number of nitrogens with zero attached hydrogens (tertiary/aromatic N) is 1. The van der Waals surface area contributed by atoms with Crippen molar-refractivity contribution in [2.24, 2.45) is 11.7 Å². The molecule has 2 N–H and O–H groups in total. The average Bonchev–Trinajstić information content (AvgIpc) is 2.46. The molecule has 1 aliphatic rings. The number of unbranched alkanes of at least 4 members (excludes halogenated alkanes) is 1. The zero-order valence-electron chi connectivity index (χ0n) is 12.4. The third-order valence-electron chi connectivity index (χ3n) is 3.57. The van der Waals surface area contributed by atoms with Crippen LogP contribution >= 0.6 is 0 Å². The van der Waals surface area contributed by atoms with Crippen LogP contribution in [0.25, 0.3) is 0 Å². The van der Waals surface area contributed by atoms with Crippen LogP contribution in [-0.2, 0) is 11.2 Å². The maximum absolute atomic E-state index is 12.3. The second-order valence-electron chi connectivity index (χ2n) is 5.54. The summed E-state index contributed by atoms with van der Waals surface area (Å²) in [4.78, 5) is 14.1. The molecule has 0 aromatic heterocycles. The monoisotopic (exact) mass is 276 g/mol. The first kappa shape index (κ1) is 14.9. The number of ether oxygens (including phenoxy) is 1. The summed E-state index contributed by atoms with van der Waals surface area (Å²) in [5.41, 5.74) is 7.68. The van der Waals surface area contributed by atoms with Crippen molar-refractivity contribution in [3.05, 3.63) is 23.8 Å². The van der Waals surface area contributed by atoms with Gasteiger partial charge in [0.2, 0.25) is 5.91 Å². The molecule has 1 aliphatic heterocycles. The third kappa shape index (κ3) is 3.31. The van der Waals surface area contributed by atoms with Gasteiger partial charge in [-0.2, -0.15) is 0 Å². The van der Waals surface area contributed by atoms with Gasteiger partial charge in [0.05, 0.1) is 12.2 Å². The van der Waals surface area contributed by atoms with Crippen LogP contribution in [0.5, 0.6) is 5.75 Å². The molecule has 0 bridgehead atoms. The summed E-state index contributed by atoms with van der Waals surface area (Å²) in [6.07, 6.45) is 3.10. The number of hydrogen-bond donors (Lipinski definition) is 1. The number of hydrogen-bond acceptors (Lipinski definition) is 3. The van der Waals surface area contributed by atoms with E-state index in [2.05, 4.69) is 12.1 Å². The Kier molecular flexibility index (Phi) is 5.01. The normalized spacial score (nSPS) is 14.1. The number of nitrogens with two attached hydrogens (primary N) is 1. The van der Waals surface area contributed by atoms with Crippen molar-refractivity contribution in [1.29, 1.82) is 0 Å². The molecule has 0 fully saturated rings. The van der Waals surface area contributed by atoms with E-state index in [9.17, 15) is 4.79 Å². The summed E-state index contributed by atoms with van der Waals surface area (Å²) in [5, 5.41) is 0. The molecule has 1 aromatic rings. The quantitative estimate of drug-likeness (QED) is 0.840. The van der Waals surface area contributed by atoms with Gasteiger partial charge in [-0.05, 0) is 43.5 Å². The molecular formula is C16H24N2O2. The zero-order chi connectivity index (χ0) is 14.5. The number of aryl methyl sites for hydroxylation is 1. The van der Waals surface area contributed by atoms with Gasteiger partial charge >= 0.3 is 0 Å². The molecule has 4 nitrogen and oxygen atoms in total. The van der Waals surface area contributed by atoms with Crippen molar-refractivity contribution in [3.8, 4) is 5.75 Å². The summed E-state index contributed by atoms with van der Waals surface area (Å²) >= 11 is 0. The van der Waals surface area contributed by atoms with Crippen LogP contribution in [0.3, 0.4) is 0 Å². The smallest absolute Gasteiger partial charge is 0.229 e. The Morgan fingerprint density at radius 3 is 2.90 bits per heavy atom. The Balaban J connectivity index is 2.20. The second kappa shape index (κ2) is 6.75. The fourth-order valence-electron chi connectivity index (χ4n) is 2.43. The molecule has 0 spiro atoms. The Morgan fingerprint density at radius 2 is 2.20 bits per heavy atom. The lowest BCUT2D eigenvalue weighted by Crippen LogP contribution is -2.40. The summed E-state index contributed by atoms with van der Waals surface area (Å²) in [7, 11) is 0. The van der Waals surface area contributed by atoms with Crippen molar-refractivity contribution >= 4 is 11.6 Å². The first-order chi connectivity index (χ1) is 9.63. The molecule has 0 atom stereocenters. The molecule has 1 amide bonds. The van der Waals surface area contributed by atoms with E-state index in [0.29, 0.717) is 13.2 Å². The minimum Gasteiger partial charge on any atom is -0.490 e. The first-order valence-corrected chi connectivity index (χ1v) is 7.40. The van der Waals surface area contributed by atoms with Gasteiger partial charge in [-0.15, -0.1) is 0 Å². The van der Waals surface area contributed by atoms with Gasteiger partial charge in [0.15, 0.2) is 0 Å². The molecule has 0 saturated carbocycles. The summed E-state index contributed by atoms with van der Waals surface area (Å²) in [6.45, 7) is 5.80. The SMILES string of the molecule is CC(C)C(=O)N1CCOc2ccc(CCCCN)cc21. The third-order valence-corrected chi connectivity index (χ3v) is 3.57. The van der Waals surface area contributed by atoms with E-state index >= 15 is 0 Å². The van der Waals surface area contributed by atoms with Gasteiger partial charge in [-0.3, -0.25) is 4.79 Å². The highest BCUT2D eigenvalue weighted by Crippen LogP contribution is 2.33. The van der Waals surface area contributed by atoms with E-state index in [4.69, 9.17) is 10.5 Å². The average molecular weight is 276 g/mol. The van der Waals surface area contributed by atoms with Gasteiger partial charge < -0.3 is 15.4 Å². The lowest BCUT2D eigenvalue weighted by molar-refractivity contribution is -0.121. The minimum absolute atomic E-state index is 0.00171. The van der Waals surface area contributed by atoms with E-state index < -0.39 is 0 Å². The van der Waals surface area contributed by atoms with Crippen LogP contribution in [0.4, 0.5) is 5.69 Å². The number of anilines is 1. The van der Waals surface area contributed by atoms with Gasteiger partial charge in [0.25, 0.3) is 0 Å². The molecule has 1 aromatic carbocycles. The van der Waals surface area contributed by atoms with Gasteiger partial charge in [0, 0.05) is 5.92 Å². The number of benzene rings is 1. The Morgan fingerprint density at radius 1 is 1.40 bits per heavy atom. The molecule has 0 aliphatic carbocycles. The highest BCUT2D eigenvalue weighted by Gasteiger charge is 2.25. The van der Waals surface area contributed by atoms with Crippen LogP contribution in [-0.4, -0.2) is 25.6 Å². The number of fused-ring (bicyclic) bond motifs is 1. The van der Waals surface area contributed by atoms with Crippen molar-refractivity contribution in [3.63, 3.8) is 0 Å². The maximum Gasteiger partial charge on any atom is 0.229 e. The van der Waals surface area contributed by atoms with Crippen molar-refractivity contribution in [1.82, 2.24) is 0 Å². The number of carbonyl (C=O) groups excluding carboxylic acids is 1. The fourth-order valence-corrected chi connectivity index (χ4v) is 2.43. The number of amides is 1. The molecule has 0 saturated heterocycles. The van der Waals surface area contributed by atoms with E-state index in [1.54, 1.807) is 0 Å². The minimum atomic E-state index is 0.00171. The Bertz CT molecular complexity index is 472. The maximum atomic E-state index is 12.3. The largest absolute Gasteiger partial charge is 0.490 e. The lowest BCUT2D eigenvalue weighted by Gasteiger charge is -2.31. The lowest BCUT2D eigenvalue weighted by atomic mass is 10.0. The molecule has 110 valence electrons. The van der Waals surface area contributed by atoms with E-state index in [1.807, 2.05) is 24.8 Å². The van der Waals surface area contributed by atoms with E-state index in [1.165, 1.54) is 5.56 Å². The first-order valence-electron chi connectivity index (χ1n) is 7.40. The number of rotatable bonds is 5. The molecule has 4 heteroatoms. The Labute approximate surface area is 120 Å². The Hall–Kier alpha value is -1.55. The standard InChI is InChI=1S/C16H24N2O2/c1-12(2)16(19)18-9-10-20-15-7-6-13(11-14(15)18)5-3-4-8-17/h6-7,11-12H,3-5,8-10,17H2,1-2H3. The fraction of sp³-hybridized carbons (Fsp3) is 0.562. The van der Waals surface area contributed by atoms with Gasteiger partial charge in [0.1, 0.15) is 12.4 Å². The van der Waals surface area contributed by atoms with Crippen LogP contribution < -0.4 is 15.4 Å². The molecule has 2 rings (SSSR count). The van der Waals surface area contributed by atoms with Crippen molar-refractivity contribution < 1.29 is 9.53 Å². The van der Waals surface area contributed by atoms with Crippen molar-refractivity contribution in [2.45, 2.75) is 33.1 Å². The highest BCUT2D eigenvalue weighted by atomic mass is 16.5. The van der Waals surface area contributed by atoms with Crippen molar-refractivity contribution in [2.75, 3.05) is 24.6 Å². The summed E-state index contributed by atoms with van der Waals surface area (Å²) in [6, 6.07) is 6.15. The second-order valence-corrected chi connectivity index (χ2v) is 5.54. The highest BCUT2D eigenvalue weighted by molar-refractivity contribution is 5.96. The number of carbonyl (C=O) groups is 1. The molecule has 1 heterocycles. The molecule has 0 radical (unpaired) electrons. The predicted molar refractivity (Wildman–Crippen MR) is 81.1 cm³/mol. The van der Waals surface area contributed by atoms with Gasteiger partial charge in [-0.25, -0.2) is 0 Å². The topological polar surface area (TPSA) is 55.6 Å².